The number of nitrogens with two attached hydrogens (primary N) is 1. The summed E-state index contributed by atoms with van der Waals surface area (Å²) in [5.41, 5.74) is 6.88. The maximum Gasteiger partial charge on any atom is 0.211 e. The van der Waals surface area contributed by atoms with Crippen molar-refractivity contribution in [3.63, 3.8) is 0 Å². The third-order valence-corrected chi connectivity index (χ3v) is 5.77. The first kappa shape index (κ1) is 12.0. The molecule has 19 heavy (non-hydrogen) atoms. The van der Waals surface area contributed by atoms with E-state index >= 15 is 0 Å². The summed E-state index contributed by atoms with van der Waals surface area (Å²) in [5, 5.41) is 0. The number of oxazole rings is 1. The van der Waals surface area contributed by atoms with Crippen molar-refractivity contribution in [1.82, 2.24) is 4.98 Å². The lowest BCUT2D eigenvalue weighted by Gasteiger charge is -2.57. The first-order chi connectivity index (χ1) is 9.12. The van der Waals surface area contributed by atoms with Gasteiger partial charge in [-0.3, -0.25) is 0 Å². The maximum absolute atomic E-state index is 6.37. The summed E-state index contributed by atoms with van der Waals surface area (Å²) in [5.74, 6) is 4.59. The van der Waals surface area contributed by atoms with Gasteiger partial charge in [0.1, 0.15) is 5.76 Å². The number of nitrogens with zero attached hydrogens (tertiary/aromatic N) is 1. The molecule has 104 valence electrons. The van der Waals surface area contributed by atoms with Crippen LogP contribution in [0.3, 0.4) is 0 Å². The van der Waals surface area contributed by atoms with Crippen molar-refractivity contribution < 1.29 is 4.42 Å². The van der Waals surface area contributed by atoms with Crippen molar-refractivity contribution in [2.45, 2.75) is 57.9 Å². The van der Waals surface area contributed by atoms with Crippen molar-refractivity contribution in [2.75, 3.05) is 0 Å². The molecular weight excluding hydrogens is 236 g/mol. The van der Waals surface area contributed by atoms with Gasteiger partial charge in [0.25, 0.3) is 0 Å². The Morgan fingerprint density at radius 2 is 1.84 bits per heavy atom. The highest BCUT2D eigenvalue weighted by Crippen LogP contribution is 2.62. The third kappa shape index (κ3) is 2.03. The van der Waals surface area contributed by atoms with E-state index in [-0.39, 0.29) is 6.04 Å². The van der Waals surface area contributed by atoms with Gasteiger partial charge in [0.15, 0.2) is 0 Å². The van der Waals surface area contributed by atoms with E-state index in [0.717, 1.165) is 35.8 Å². The van der Waals surface area contributed by atoms with Crippen LogP contribution in [0.5, 0.6) is 0 Å². The van der Waals surface area contributed by atoms with Gasteiger partial charge >= 0.3 is 0 Å². The number of hydrogen-bond donors (Lipinski definition) is 1. The van der Waals surface area contributed by atoms with Crippen LogP contribution < -0.4 is 5.73 Å². The van der Waals surface area contributed by atoms with Crippen LogP contribution >= 0.6 is 0 Å². The van der Waals surface area contributed by atoms with Gasteiger partial charge in [0, 0.05) is 0 Å². The molecule has 4 bridgehead atoms. The zero-order valence-electron chi connectivity index (χ0n) is 11.8. The molecule has 0 aromatic carbocycles. The second-order valence-electron chi connectivity index (χ2n) is 7.54. The fourth-order valence-corrected chi connectivity index (χ4v) is 5.64. The van der Waals surface area contributed by atoms with Gasteiger partial charge in [0.05, 0.1) is 12.2 Å². The summed E-state index contributed by atoms with van der Waals surface area (Å²) in [6, 6.07) is -0.00931. The van der Waals surface area contributed by atoms with Crippen LogP contribution in [0.2, 0.25) is 0 Å². The Labute approximate surface area is 115 Å². The SMILES string of the molecule is Cc1cnc(C(N)CC23CC4CC(CC(C4)C2)C3)o1. The quantitative estimate of drug-likeness (QED) is 0.903. The average molecular weight is 260 g/mol. The molecule has 2 N–H and O–H groups in total. The molecule has 4 saturated carbocycles. The molecule has 3 heteroatoms. The Bertz CT molecular complexity index is 444. The molecule has 4 fully saturated rings. The fourth-order valence-electron chi connectivity index (χ4n) is 5.64. The van der Waals surface area contributed by atoms with Crippen LogP contribution in [0, 0.1) is 30.1 Å². The average Bonchev–Trinajstić information content (AvgIpc) is 2.73. The molecule has 0 spiro atoms. The minimum atomic E-state index is -0.00931. The van der Waals surface area contributed by atoms with E-state index in [1.807, 2.05) is 6.92 Å². The van der Waals surface area contributed by atoms with E-state index in [1.165, 1.54) is 38.5 Å². The molecule has 1 unspecified atom stereocenters. The zero-order valence-corrected chi connectivity index (χ0v) is 11.8. The standard InChI is InChI=1S/C16H24N2O/c1-10-9-18-15(19-10)14(17)8-16-5-11-2-12(6-16)4-13(3-11)7-16/h9,11-14H,2-8,17H2,1H3. The van der Waals surface area contributed by atoms with E-state index in [4.69, 9.17) is 10.2 Å². The molecule has 0 saturated heterocycles. The number of hydrogen-bond acceptors (Lipinski definition) is 3. The Morgan fingerprint density at radius 3 is 2.32 bits per heavy atom. The predicted octanol–water partition coefficient (Wildman–Crippen LogP) is 3.59. The number of rotatable bonds is 3. The maximum atomic E-state index is 6.37. The minimum Gasteiger partial charge on any atom is -0.444 e. The Balaban J connectivity index is 1.53. The van der Waals surface area contributed by atoms with E-state index in [0.29, 0.717) is 5.41 Å². The van der Waals surface area contributed by atoms with Gasteiger partial charge in [-0.25, -0.2) is 4.98 Å². The highest BCUT2D eigenvalue weighted by Gasteiger charge is 2.51. The Hall–Kier alpha value is -0.830. The summed E-state index contributed by atoms with van der Waals surface area (Å²) < 4.78 is 5.62. The molecule has 4 aliphatic carbocycles. The summed E-state index contributed by atoms with van der Waals surface area (Å²) in [6.45, 7) is 1.94. The molecule has 1 atom stereocenters. The first-order valence-electron chi connectivity index (χ1n) is 7.80. The van der Waals surface area contributed by atoms with Crippen LogP contribution in [0.15, 0.2) is 10.6 Å². The smallest absolute Gasteiger partial charge is 0.211 e. The molecule has 1 aromatic heterocycles. The monoisotopic (exact) mass is 260 g/mol. The van der Waals surface area contributed by atoms with Gasteiger partial charge in [-0.1, -0.05) is 0 Å². The summed E-state index contributed by atoms with van der Waals surface area (Å²) in [6.07, 6.45) is 11.6. The van der Waals surface area contributed by atoms with Crippen molar-refractivity contribution >= 4 is 0 Å². The number of aryl methyl sites for hydroxylation is 1. The normalized spacial score (nSPS) is 41.7. The van der Waals surface area contributed by atoms with Gasteiger partial charge < -0.3 is 10.2 Å². The summed E-state index contributed by atoms with van der Waals surface area (Å²) in [4.78, 5) is 4.32. The van der Waals surface area contributed by atoms with Crippen LogP contribution in [0.4, 0.5) is 0 Å². The Morgan fingerprint density at radius 1 is 1.26 bits per heavy atom. The lowest BCUT2D eigenvalue weighted by molar-refractivity contribution is -0.0615. The van der Waals surface area contributed by atoms with Crippen molar-refractivity contribution in [2.24, 2.45) is 28.9 Å². The second kappa shape index (κ2) is 4.08. The van der Waals surface area contributed by atoms with Crippen LogP contribution in [0.25, 0.3) is 0 Å². The Kier molecular flexibility index (Phi) is 2.57. The lowest BCUT2D eigenvalue weighted by atomic mass is 9.48. The number of aromatic nitrogens is 1. The topological polar surface area (TPSA) is 52.0 Å². The third-order valence-electron chi connectivity index (χ3n) is 5.77. The molecule has 0 aliphatic heterocycles. The van der Waals surface area contributed by atoms with Crippen LogP contribution in [-0.2, 0) is 0 Å². The molecular formula is C16H24N2O. The minimum absolute atomic E-state index is 0.00931. The van der Waals surface area contributed by atoms with E-state index in [1.54, 1.807) is 6.20 Å². The molecule has 0 radical (unpaired) electrons. The van der Waals surface area contributed by atoms with Crippen molar-refractivity contribution in [3.8, 4) is 0 Å². The highest BCUT2D eigenvalue weighted by molar-refractivity contribution is 5.05. The van der Waals surface area contributed by atoms with Gasteiger partial charge in [-0.15, -0.1) is 0 Å². The van der Waals surface area contributed by atoms with Crippen LogP contribution in [0.1, 0.15) is 62.6 Å². The first-order valence-corrected chi connectivity index (χ1v) is 7.80. The van der Waals surface area contributed by atoms with Crippen molar-refractivity contribution in [3.05, 3.63) is 17.8 Å². The van der Waals surface area contributed by atoms with Gasteiger partial charge in [0.2, 0.25) is 5.89 Å². The second-order valence-corrected chi connectivity index (χ2v) is 7.54. The van der Waals surface area contributed by atoms with Crippen molar-refractivity contribution in [1.29, 1.82) is 0 Å². The van der Waals surface area contributed by atoms with Crippen LogP contribution in [-0.4, -0.2) is 4.98 Å². The zero-order chi connectivity index (χ0) is 13.0. The molecule has 1 heterocycles. The molecule has 3 nitrogen and oxygen atoms in total. The van der Waals surface area contributed by atoms with Gasteiger partial charge in [-0.2, -0.15) is 0 Å². The molecule has 5 rings (SSSR count). The summed E-state index contributed by atoms with van der Waals surface area (Å²) in [7, 11) is 0. The molecule has 1 aromatic rings. The summed E-state index contributed by atoms with van der Waals surface area (Å²) >= 11 is 0. The highest BCUT2D eigenvalue weighted by atomic mass is 16.4. The van der Waals surface area contributed by atoms with E-state index in [9.17, 15) is 0 Å². The predicted molar refractivity (Wildman–Crippen MR) is 73.4 cm³/mol. The largest absolute Gasteiger partial charge is 0.444 e. The fraction of sp³-hybridized carbons (Fsp3) is 0.812. The van der Waals surface area contributed by atoms with E-state index in [2.05, 4.69) is 4.98 Å². The van der Waals surface area contributed by atoms with Gasteiger partial charge in [-0.05, 0) is 75.0 Å². The molecule has 4 aliphatic rings. The lowest BCUT2D eigenvalue weighted by Crippen LogP contribution is -2.47. The van der Waals surface area contributed by atoms with E-state index < -0.39 is 0 Å². The molecule has 0 amide bonds.